The highest BCUT2D eigenvalue weighted by molar-refractivity contribution is 7.99. The average Bonchev–Trinajstić information content (AvgIpc) is 2.72. The average molecular weight is 431 g/mol. The molecule has 1 fully saturated rings. The van der Waals surface area contributed by atoms with Crippen molar-refractivity contribution in [2.24, 2.45) is 5.92 Å². The first-order valence-electron chi connectivity index (χ1n) is 10.5. The monoisotopic (exact) mass is 430 g/mol. The first-order valence-corrected chi connectivity index (χ1v) is 11.5. The van der Waals surface area contributed by atoms with E-state index in [2.05, 4.69) is 24.1 Å². The van der Waals surface area contributed by atoms with Crippen LogP contribution in [0.3, 0.4) is 0 Å². The van der Waals surface area contributed by atoms with E-state index in [0.29, 0.717) is 41.6 Å². The van der Waals surface area contributed by atoms with Crippen molar-refractivity contribution in [3.05, 3.63) is 34.6 Å². The lowest BCUT2D eigenvalue weighted by atomic mass is 10.1. The summed E-state index contributed by atoms with van der Waals surface area (Å²) in [7, 11) is 0. The summed E-state index contributed by atoms with van der Waals surface area (Å²) in [6.45, 7) is 7.75. The molecular weight excluding hydrogens is 400 g/mol. The number of benzene rings is 1. The highest BCUT2D eigenvalue weighted by Crippen LogP contribution is 2.19. The standard InChI is InChI=1S/C22H30N4O3S/c1-15(2)8-13-26-21(29)18-6-4-5-7-19(18)24-22(26)30-14-20(28)23-17-9-11-25(12-10-17)16(3)27/h4-7,15,17H,8-14H2,1-3H3,(H,23,28). The molecule has 162 valence electrons. The summed E-state index contributed by atoms with van der Waals surface area (Å²) in [5, 5.41) is 4.25. The van der Waals surface area contributed by atoms with Crippen LogP contribution in [0.5, 0.6) is 0 Å². The van der Waals surface area contributed by atoms with Crippen LogP contribution in [0.2, 0.25) is 0 Å². The van der Waals surface area contributed by atoms with Crippen molar-refractivity contribution in [3.63, 3.8) is 0 Å². The van der Waals surface area contributed by atoms with E-state index in [1.807, 2.05) is 23.1 Å². The number of thioether (sulfide) groups is 1. The first-order chi connectivity index (χ1) is 14.3. The Balaban J connectivity index is 1.67. The van der Waals surface area contributed by atoms with E-state index in [1.165, 1.54) is 11.8 Å². The van der Waals surface area contributed by atoms with Crippen LogP contribution in [-0.4, -0.2) is 51.1 Å². The molecule has 8 heteroatoms. The topological polar surface area (TPSA) is 84.3 Å². The van der Waals surface area contributed by atoms with Crippen molar-refractivity contribution in [2.75, 3.05) is 18.8 Å². The van der Waals surface area contributed by atoms with Gasteiger partial charge in [0.2, 0.25) is 11.8 Å². The van der Waals surface area contributed by atoms with Gasteiger partial charge in [-0.25, -0.2) is 4.98 Å². The van der Waals surface area contributed by atoms with Crippen molar-refractivity contribution in [2.45, 2.75) is 57.8 Å². The molecule has 2 aromatic rings. The molecule has 0 unspecified atom stereocenters. The van der Waals surface area contributed by atoms with Crippen LogP contribution in [-0.2, 0) is 16.1 Å². The Bertz CT molecular complexity index is 964. The molecule has 30 heavy (non-hydrogen) atoms. The van der Waals surface area contributed by atoms with Crippen molar-refractivity contribution in [3.8, 4) is 0 Å². The number of nitrogens with one attached hydrogen (secondary N) is 1. The highest BCUT2D eigenvalue weighted by atomic mass is 32.2. The lowest BCUT2D eigenvalue weighted by Gasteiger charge is -2.31. The molecule has 0 bridgehead atoms. The fraction of sp³-hybridized carbons (Fsp3) is 0.545. The third-order valence-corrected chi connectivity index (χ3v) is 6.37. The Morgan fingerprint density at radius 3 is 2.60 bits per heavy atom. The fourth-order valence-corrected chi connectivity index (χ4v) is 4.42. The molecule has 0 aliphatic carbocycles. The van der Waals surface area contributed by atoms with Crippen LogP contribution in [0, 0.1) is 5.92 Å². The van der Waals surface area contributed by atoms with Gasteiger partial charge in [-0.3, -0.25) is 19.0 Å². The van der Waals surface area contributed by atoms with Crippen molar-refractivity contribution < 1.29 is 9.59 Å². The van der Waals surface area contributed by atoms with Gasteiger partial charge in [0.25, 0.3) is 5.56 Å². The normalized spacial score (nSPS) is 15.0. The van der Waals surface area contributed by atoms with Gasteiger partial charge in [0, 0.05) is 32.6 Å². The van der Waals surface area contributed by atoms with E-state index < -0.39 is 0 Å². The number of hydrogen-bond donors (Lipinski definition) is 1. The molecule has 1 aliphatic heterocycles. The van der Waals surface area contributed by atoms with Crippen LogP contribution in [0.4, 0.5) is 0 Å². The number of fused-ring (bicyclic) bond motifs is 1. The predicted octanol–water partition coefficient (Wildman–Crippen LogP) is 2.66. The molecule has 0 atom stereocenters. The number of rotatable bonds is 7. The van der Waals surface area contributed by atoms with Gasteiger partial charge in [0.1, 0.15) is 0 Å². The predicted molar refractivity (Wildman–Crippen MR) is 120 cm³/mol. The highest BCUT2D eigenvalue weighted by Gasteiger charge is 2.22. The molecular formula is C22H30N4O3S. The number of aromatic nitrogens is 2. The van der Waals surface area contributed by atoms with Crippen LogP contribution in [0.1, 0.15) is 40.0 Å². The minimum Gasteiger partial charge on any atom is -0.353 e. The minimum absolute atomic E-state index is 0.0548. The Morgan fingerprint density at radius 2 is 1.93 bits per heavy atom. The number of piperidine rings is 1. The molecule has 1 N–H and O–H groups in total. The summed E-state index contributed by atoms with van der Waals surface area (Å²) in [4.78, 5) is 43.4. The summed E-state index contributed by atoms with van der Waals surface area (Å²) in [6, 6.07) is 7.42. The number of carbonyl (C=O) groups is 2. The first kappa shape index (κ1) is 22.3. The second-order valence-electron chi connectivity index (χ2n) is 8.19. The summed E-state index contributed by atoms with van der Waals surface area (Å²) >= 11 is 1.31. The molecule has 2 heterocycles. The number of amides is 2. The molecule has 0 saturated carbocycles. The molecule has 7 nitrogen and oxygen atoms in total. The largest absolute Gasteiger partial charge is 0.353 e. The van der Waals surface area contributed by atoms with Gasteiger partial charge in [0.05, 0.1) is 16.7 Å². The maximum absolute atomic E-state index is 13.0. The van der Waals surface area contributed by atoms with Crippen molar-refractivity contribution >= 4 is 34.5 Å². The molecule has 1 aliphatic rings. The maximum atomic E-state index is 13.0. The van der Waals surface area contributed by atoms with E-state index in [-0.39, 0.29) is 29.2 Å². The second kappa shape index (κ2) is 10.1. The van der Waals surface area contributed by atoms with Crippen LogP contribution >= 0.6 is 11.8 Å². The molecule has 3 rings (SSSR count). The zero-order chi connectivity index (χ0) is 21.7. The number of carbonyl (C=O) groups excluding carboxylic acids is 2. The third kappa shape index (κ3) is 5.62. The van der Waals surface area contributed by atoms with E-state index in [1.54, 1.807) is 17.6 Å². The van der Waals surface area contributed by atoms with E-state index in [0.717, 1.165) is 19.3 Å². The number of nitrogens with zero attached hydrogens (tertiary/aromatic N) is 3. The zero-order valence-corrected chi connectivity index (χ0v) is 18.7. The van der Waals surface area contributed by atoms with Gasteiger partial charge < -0.3 is 10.2 Å². The van der Waals surface area contributed by atoms with E-state index in [4.69, 9.17) is 0 Å². The van der Waals surface area contributed by atoms with Crippen LogP contribution in [0.15, 0.2) is 34.2 Å². The summed E-state index contributed by atoms with van der Waals surface area (Å²) in [5.41, 5.74) is 0.601. The molecule has 1 saturated heterocycles. The number of hydrogen-bond acceptors (Lipinski definition) is 5. The van der Waals surface area contributed by atoms with Crippen LogP contribution < -0.4 is 10.9 Å². The molecule has 0 spiro atoms. The SMILES string of the molecule is CC(=O)N1CCC(NC(=O)CSc2nc3ccccc3c(=O)n2CCC(C)C)CC1. The summed E-state index contributed by atoms with van der Waals surface area (Å²) in [6.07, 6.45) is 2.40. The van der Waals surface area contributed by atoms with Gasteiger partial charge in [0.15, 0.2) is 5.16 Å². The minimum atomic E-state index is -0.0703. The van der Waals surface area contributed by atoms with E-state index >= 15 is 0 Å². The van der Waals surface area contributed by atoms with Gasteiger partial charge in [-0.2, -0.15) is 0 Å². The van der Waals surface area contributed by atoms with Crippen molar-refractivity contribution in [1.82, 2.24) is 19.8 Å². The van der Waals surface area contributed by atoms with Crippen LogP contribution in [0.25, 0.3) is 10.9 Å². The van der Waals surface area contributed by atoms with Gasteiger partial charge in [-0.15, -0.1) is 0 Å². The Hall–Kier alpha value is -2.35. The zero-order valence-electron chi connectivity index (χ0n) is 17.9. The Morgan fingerprint density at radius 1 is 1.23 bits per heavy atom. The van der Waals surface area contributed by atoms with Gasteiger partial charge >= 0.3 is 0 Å². The smallest absolute Gasteiger partial charge is 0.262 e. The number of para-hydroxylation sites is 1. The molecule has 1 aromatic heterocycles. The summed E-state index contributed by atoms with van der Waals surface area (Å²) in [5.74, 6) is 0.681. The Labute approximate surface area is 181 Å². The van der Waals surface area contributed by atoms with Crippen molar-refractivity contribution in [1.29, 1.82) is 0 Å². The third-order valence-electron chi connectivity index (χ3n) is 5.39. The van der Waals surface area contributed by atoms with Gasteiger partial charge in [-0.05, 0) is 37.3 Å². The Kier molecular flexibility index (Phi) is 7.53. The maximum Gasteiger partial charge on any atom is 0.262 e. The number of likely N-dealkylation sites (tertiary alicyclic amines) is 1. The summed E-state index contributed by atoms with van der Waals surface area (Å²) < 4.78 is 1.70. The quantitative estimate of drug-likeness (QED) is 0.539. The second-order valence-corrected chi connectivity index (χ2v) is 9.13. The molecule has 2 amide bonds. The lowest BCUT2D eigenvalue weighted by Crippen LogP contribution is -2.46. The molecule has 0 radical (unpaired) electrons. The fourth-order valence-electron chi connectivity index (χ4n) is 3.58. The lowest BCUT2D eigenvalue weighted by molar-refractivity contribution is -0.130. The van der Waals surface area contributed by atoms with Gasteiger partial charge in [-0.1, -0.05) is 37.7 Å². The van der Waals surface area contributed by atoms with E-state index in [9.17, 15) is 14.4 Å². The molecule has 1 aromatic carbocycles.